The monoisotopic (exact) mass is 213 g/mol. The van der Waals surface area contributed by atoms with Gasteiger partial charge in [0.25, 0.3) is 0 Å². The zero-order valence-electron chi connectivity index (χ0n) is 8.75. The summed E-state index contributed by atoms with van der Waals surface area (Å²) in [5.41, 5.74) is 1.16. The molecule has 1 rings (SSSR count). The Labute approximate surface area is 90.1 Å². The fourth-order valence-corrected chi connectivity index (χ4v) is 1.77. The lowest BCUT2D eigenvalue weighted by molar-refractivity contribution is 0.611. The van der Waals surface area contributed by atoms with Crippen molar-refractivity contribution in [2.75, 3.05) is 18.6 Å². The van der Waals surface area contributed by atoms with E-state index >= 15 is 0 Å². The van der Waals surface area contributed by atoms with Crippen LogP contribution in [-0.2, 0) is 6.54 Å². The zero-order chi connectivity index (χ0) is 10.1. The maximum atomic E-state index is 3.89. The Kier molecular flexibility index (Phi) is 6.53. The molecule has 0 amide bonds. The molecule has 80 valence electrons. The Morgan fingerprint density at radius 1 is 1.43 bits per heavy atom. The van der Waals surface area contributed by atoms with E-state index < -0.39 is 0 Å². The quantitative estimate of drug-likeness (QED) is 0.649. The number of aromatic amines is 1. The van der Waals surface area contributed by atoms with Gasteiger partial charge in [-0.2, -0.15) is 16.9 Å². The molecule has 0 bridgehead atoms. The topological polar surface area (TPSA) is 40.7 Å². The van der Waals surface area contributed by atoms with Crippen molar-refractivity contribution in [2.45, 2.75) is 25.8 Å². The Bertz CT molecular complexity index is 211. The minimum Gasteiger partial charge on any atom is -0.311 e. The summed E-state index contributed by atoms with van der Waals surface area (Å²) in [5, 5.41) is 10.2. The molecule has 0 saturated carbocycles. The van der Waals surface area contributed by atoms with Crippen molar-refractivity contribution in [3.8, 4) is 0 Å². The molecule has 0 radical (unpaired) electrons. The molecule has 0 fully saturated rings. The van der Waals surface area contributed by atoms with Gasteiger partial charge in [0.15, 0.2) is 0 Å². The van der Waals surface area contributed by atoms with Crippen LogP contribution in [0.25, 0.3) is 0 Å². The number of nitrogens with zero attached hydrogens (tertiary/aromatic N) is 1. The molecule has 1 heterocycles. The highest BCUT2D eigenvalue weighted by Crippen LogP contribution is 2.01. The first-order valence-corrected chi connectivity index (χ1v) is 6.51. The van der Waals surface area contributed by atoms with Crippen molar-refractivity contribution in [1.29, 1.82) is 0 Å². The number of aromatic nitrogens is 2. The van der Waals surface area contributed by atoms with Crippen LogP contribution in [-0.4, -0.2) is 28.8 Å². The van der Waals surface area contributed by atoms with E-state index in [1.54, 1.807) is 6.20 Å². The molecule has 2 N–H and O–H groups in total. The first-order valence-electron chi connectivity index (χ1n) is 5.11. The Morgan fingerprint density at radius 2 is 2.36 bits per heavy atom. The summed E-state index contributed by atoms with van der Waals surface area (Å²) >= 11 is 1.93. The van der Waals surface area contributed by atoms with E-state index in [0.717, 1.165) is 18.8 Å². The van der Waals surface area contributed by atoms with E-state index in [2.05, 4.69) is 21.8 Å². The predicted molar refractivity (Wildman–Crippen MR) is 62.5 cm³/mol. The number of thioether (sulfide) groups is 1. The highest BCUT2D eigenvalue weighted by atomic mass is 32.2. The molecule has 1 aromatic rings. The van der Waals surface area contributed by atoms with Crippen LogP contribution in [0.2, 0.25) is 0 Å². The van der Waals surface area contributed by atoms with Gasteiger partial charge in [0, 0.05) is 18.4 Å². The molecule has 0 saturated heterocycles. The van der Waals surface area contributed by atoms with Crippen molar-refractivity contribution in [3.05, 3.63) is 18.0 Å². The van der Waals surface area contributed by atoms with Gasteiger partial charge in [0.2, 0.25) is 0 Å². The van der Waals surface area contributed by atoms with E-state index in [9.17, 15) is 0 Å². The number of hydrogen-bond donors (Lipinski definition) is 2. The SMILES string of the molecule is CSCCCCCNCc1ccn[nH]1. The van der Waals surface area contributed by atoms with Crippen LogP contribution in [0.4, 0.5) is 0 Å². The minimum atomic E-state index is 0.905. The third kappa shape index (κ3) is 5.29. The maximum absolute atomic E-state index is 3.89. The molecule has 0 aromatic carbocycles. The largest absolute Gasteiger partial charge is 0.311 e. The summed E-state index contributed by atoms with van der Waals surface area (Å²) in [4.78, 5) is 0. The lowest BCUT2D eigenvalue weighted by atomic mass is 10.2. The molecule has 14 heavy (non-hydrogen) atoms. The molecule has 0 unspecified atom stereocenters. The van der Waals surface area contributed by atoms with Crippen LogP contribution in [0.5, 0.6) is 0 Å². The second kappa shape index (κ2) is 7.88. The second-order valence-corrected chi connectivity index (χ2v) is 4.30. The Morgan fingerprint density at radius 3 is 3.07 bits per heavy atom. The minimum absolute atomic E-state index is 0.905. The lowest BCUT2D eigenvalue weighted by Crippen LogP contribution is -2.14. The summed E-state index contributed by atoms with van der Waals surface area (Å²) in [6, 6.07) is 2.00. The number of hydrogen-bond acceptors (Lipinski definition) is 3. The molecule has 0 spiro atoms. The van der Waals surface area contributed by atoms with Gasteiger partial charge < -0.3 is 5.32 Å². The van der Waals surface area contributed by atoms with E-state index in [1.807, 2.05) is 17.8 Å². The third-order valence-corrected chi connectivity index (χ3v) is 2.77. The molecular formula is C10H19N3S. The van der Waals surface area contributed by atoms with Crippen molar-refractivity contribution >= 4 is 11.8 Å². The normalized spacial score (nSPS) is 10.6. The van der Waals surface area contributed by atoms with E-state index in [-0.39, 0.29) is 0 Å². The maximum Gasteiger partial charge on any atom is 0.0490 e. The van der Waals surface area contributed by atoms with Gasteiger partial charge in [-0.1, -0.05) is 6.42 Å². The van der Waals surface area contributed by atoms with Crippen molar-refractivity contribution in [2.24, 2.45) is 0 Å². The van der Waals surface area contributed by atoms with E-state index in [1.165, 1.54) is 25.0 Å². The summed E-state index contributed by atoms with van der Waals surface area (Å²) in [6.45, 7) is 2.01. The first kappa shape index (κ1) is 11.6. The number of rotatable bonds is 8. The predicted octanol–water partition coefficient (Wildman–Crippen LogP) is 2.03. The second-order valence-electron chi connectivity index (χ2n) is 3.31. The summed E-state index contributed by atoms with van der Waals surface area (Å²) < 4.78 is 0. The number of H-pyrrole nitrogens is 1. The van der Waals surface area contributed by atoms with Gasteiger partial charge in [-0.05, 0) is 37.5 Å². The molecule has 3 nitrogen and oxygen atoms in total. The first-order chi connectivity index (χ1) is 6.93. The standard InChI is InChI=1S/C10H19N3S/c1-14-8-4-2-3-6-11-9-10-5-7-12-13-10/h5,7,11H,2-4,6,8-9H2,1H3,(H,12,13). The zero-order valence-corrected chi connectivity index (χ0v) is 9.57. The lowest BCUT2D eigenvalue weighted by Gasteiger charge is -2.02. The van der Waals surface area contributed by atoms with Crippen molar-refractivity contribution in [1.82, 2.24) is 15.5 Å². The molecular weight excluding hydrogens is 194 g/mol. The van der Waals surface area contributed by atoms with Gasteiger partial charge in [0.05, 0.1) is 0 Å². The van der Waals surface area contributed by atoms with Crippen LogP contribution >= 0.6 is 11.8 Å². The third-order valence-electron chi connectivity index (χ3n) is 2.08. The molecule has 4 heteroatoms. The fraction of sp³-hybridized carbons (Fsp3) is 0.700. The number of unbranched alkanes of at least 4 members (excludes halogenated alkanes) is 2. The van der Waals surface area contributed by atoms with Crippen molar-refractivity contribution < 1.29 is 0 Å². The van der Waals surface area contributed by atoms with Crippen LogP contribution in [0.1, 0.15) is 25.0 Å². The molecule has 0 aliphatic rings. The number of nitrogens with one attached hydrogen (secondary N) is 2. The van der Waals surface area contributed by atoms with Gasteiger partial charge in [-0.3, -0.25) is 5.10 Å². The Hall–Kier alpha value is -0.480. The smallest absolute Gasteiger partial charge is 0.0490 e. The van der Waals surface area contributed by atoms with E-state index in [0.29, 0.717) is 0 Å². The highest BCUT2D eigenvalue weighted by Gasteiger charge is 1.92. The van der Waals surface area contributed by atoms with E-state index in [4.69, 9.17) is 0 Å². The van der Waals surface area contributed by atoms with Gasteiger partial charge in [0.1, 0.15) is 0 Å². The van der Waals surface area contributed by atoms with Gasteiger partial charge >= 0.3 is 0 Å². The summed E-state index contributed by atoms with van der Waals surface area (Å²) in [6.07, 6.45) is 7.89. The summed E-state index contributed by atoms with van der Waals surface area (Å²) in [5.74, 6) is 1.29. The van der Waals surface area contributed by atoms with Gasteiger partial charge in [-0.25, -0.2) is 0 Å². The Balaban J connectivity index is 1.85. The van der Waals surface area contributed by atoms with Gasteiger partial charge in [-0.15, -0.1) is 0 Å². The van der Waals surface area contributed by atoms with Crippen LogP contribution in [0.15, 0.2) is 12.3 Å². The average molecular weight is 213 g/mol. The molecule has 0 aliphatic carbocycles. The van der Waals surface area contributed by atoms with Crippen LogP contribution < -0.4 is 5.32 Å². The van der Waals surface area contributed by atoms with Crippen molar-refractivity contribution in [3.63, 3.8) is 0 Å². The molecule has 0 aliphatic heterocycles. The van der Waals surface area contributed by atoms with Crippen LogP contribution in [0.3, 0.4) is 0 Å². The summed E-state index contributed by atoms with van der Waals surface area (Å²) in [7, 11) is 0. The molecule has 1 aromatic heterocycles. The average Bonchev–Trinajstić information content (AvgIpc) is 2.69. The highest BCUT2D eigenvalue weighted by molar-refractivity contribution is 7.98. The molecule has 0 atom stereocenters. The fourth-order valence-electron chi connectivity index (χ4n) is 1.28. The van der Waals surface area contributed by atoms with Crippen LogP contribution in [0, 0.1) is 0 Å².